The first-order valence-corrected chi connectivity index (χ1v) is 8.33. The summed E-state index contributed by atoms with van der Waals surface area (Å²) in [5.41, 5.74) is 1.85. The normalized spacial score (nSPS) is 10.1. The number of nitrogens with one attached hydrogen (secondary N) is 2. The van der Waals surface area contributed by atoms with Gasteiger partial charge in [0.1, 0.15) is 29.3 Å². The molecule has 0 saturated carbocycles. The standard InChI is InChI=1S/C20H20N4O3/c1-26-15-8-9-18(27-2)16(10-15)24-20(25)17-11-19(23-13-22-17)21-12-14-6-4-3-5-7-14/h3-11,13H,12H2,1-2H3,(H,24,25)(H,21,22,23). The number of anilines is 2. The Morgan fingerprint density at radius 1 is 1.00 bits per heavy atom. The number of benzene rings is 2. The van der Waals surface area contributed by atoms with Gasteiger partial charge in [0.2, 0.25) is 0 Å². The van der Waals surface area contributed by atoms with Crippen molar-refractivity contribution in [1.82, 2.24) is 9.97 Å². The monoisotopic (exact) mass is 364 g/mol. The summed E-state index contributed by atoms with van der Waals surface area (Å²) < 4.78 is 10.5. The number of aromatic nitrogens is 2. The highest BCUT2D eigenvalue weighted by molar-refractivity contribution is 6.04. The number of nitrogens with zero attached hydrogens (tertiary/aromatic N) is 2. The van der Waals surface area contributed by atoms with Crippen LogP contribution in [0.2, 0.25) is 0 Å². The van der Waals surface area contributed by atoms with Gasteiger partial charge >= 0.3 is 0 Å². The van der Waals surface area contributed by atoms with Gasteiger partial charge in [0.05, 0.1) is 19.9 Å². The lowest BCUT2D eigenvalue weighted by atomic mass is 10.2. The molecule has 0 aliphatic heterocycles. The highest BCUT2D eigenvalue weighted by atomic mass is 16.5. The van der Waals surface area contributed by atoms with Crippen LogP contribution in [0.5, 0.6) is 11.5 Å². The minimum atomic E-state index is -0.369. The molecule has 0 aliphatic carbocycles. The maximum atomic E-state index is 12.6. The summed E-state index contributed by atoms with van der Waals surface area (Å²) in [4.78, 5) is 20.8. The Hall–Kier alpha value is -3.61. The number of carbonyl (C=O) groups excluding carboxylic acids is 1. The summed E-state index contributed by atoms with van der Waals surface area (Å²) in [7, 11) is 3.09. The van der Waals surface area contributed by atoms with Crippen LogP contribution >= 0.6 is 0 Å². The molecule has 0 radical (unpaired) electrons. The van der Waals surface area contributed by atoms with E-state index in [-0.39, 0.29) is 11.6 Å². The third-order valence-electron chi connectivity index (χ3n) is 3.87. The maximum Gasteiger partial charge on any atom is 0.274 e. The second kappa shape index (κ2) is 8.66. The zero-order valence-electron chi connectivity index (χ0n) is 15.1. The molecular weight excluding hydrogens is 344 g/mol. The second-order valence-electron chi connectivity index (χ2n) is 5.65. The van der Waals surface area contributed by atoms with E-state index < -0.39 is 0 Å². The molecule has 0 unspecified atom stereocenters. The third kappa shape index (κ3) is 4.72. The molecule has 2 N–H and O–H groups in total. The zero-order valence-corrected chi connectivity index (χ0v) is 15.1. The largest absolute Gasteiger partial charge is 0.497 e. The molecule has 3 rings (SSSR count). The lowest BCUT2D eigenvalue weighted by molar-refractivity contribution is 0.102. The minimum Gasteiger partial charge on any atom is -0.497 e. The van der Waals surface area contributed by atoms with Crippen LogP contribution in [-0.2, 0) is 6.54 Å². The van der Waals surface area contributed by atoms with E-state index in [1.807, 2.05) is 30.3 Å². The van der Waals surface area contributed by atoms with E-state index in [0.717, 1.165) is 5.56 Å². The number of amides is 1. The number of hydrogen-bond acceptors (Lipinski definition) is 6. The van der Waals surface area contributed by atoms with Gasteiger partial charge in [0.15, 0.2) is 0 Å². The number of carbonyl (C=O) groups is 1. The van der Waals surface area contributed by atoms with Crippen LogP contribution in [0.25, 0.3) is 0 Å². The molecule has 27 heavy (non-hydrogen) atoms. The number of ether oxygens (including phenoxy) is 2. The Balaban J connectivity index is 1.72. The second-order valence-corrected chi connectivity index (χ2v) is 5.65. The summed E-state index contributed by atoms with van der Waals surface area (Å²) in [5.74, 6) is 1.34. The molecule has 1 aromatic heterocycles. The Bertz CT molecular complexity index is 916. The van der Waals surface area contributed by atoms with Gasteiger partial charge in [0, 0.05) is 18.7 Å². The van der Waals surface area contributed by atoms with E-state index in [1.165, 1.54) is 13.4 Å². The molecule has 1 heterocycles. The molecule has 7 heteroatoms. The Labute approximate surface area is 157 Å². The summed E-state index contributed by atoms with van der Waals surface area (Å²) >= 11 is 0. The van der Waals surface area contributed by atoms with Gasteiger partial charge in [-0.15, -0.1) is 0 Å². The fraction of sp³-hybridized carbons (Fsp3) is 0.150. The van der Waals surface area contributed by atoms with Crippen LogP contribution in [0.1, 0.15) is 16.1 Å². The molecule has 2 aromatic carbocycles. The Morgan fingerprint density at radius 3 is 2.56 bits per heavy atom. The first kappa shape index (κ1) is 18.2. The van der Waals surface area contributed by atoms with Crippen LogP contribution < -0.4 is 20.1 Å². The smallest absolute Gasteiger partial charge is 0.274 e. The summed E-state index contributed by atoms with van der Waals surface area (Å²) in [5, 5.41) is 5.98. The summed E-state index contributed by atoms with van der Waals surface area (Å²) in [6.07, 6.45) is 1.35. The first-order valence-electron chi connectivity index (χ1n) is 8.33. The molecule has 0 spiro atoms. The molecule has 3 aromatic rings. The topological polar surface area (TPSA) is 85.4 Å². The average Bonchev–Trinajstić information content (AvgIpc) is 2.73. The third-order valence-corrected chi connectivity index (χ3v) is 3.87. The fourth-order valence-electron chi connectivity index (χ4n) is 2.46. The molecule has 1 amide bonds. The van der Waals surface area contributed by atoms with Crippen molar-refractivity contribution in [3.05, 3.63) is 72.2 Å². The lowest BCUT2D eigenvalue weighted by Gasteiger charge is -2.12. The highest BCUT2D eigenvalue weighted by Gasteiger charge is 2.13. The molecule has 0 aliphatic rings. The summed E-state index contributed by atoms with van der Waals surface area (Å²) in [6, 6.07) is 16.7. The van der Waals surface area contributed by atoms with Gasteiger partial charge in [-0.1, -0.05) is 30.3 Å². The average molecular weight is 364 g/mol. The fourth-order valence-corrected chi connectivity index (χ4v) is 2.46. The van der Waals surface area contributed by atoms with Crippen molar-refractivity contribution in [2.75, 3.05) is 24.9 Å². The van der Waals surface area contributed by atoms with Crippen molar-refractivity contribution >= 4 is 17.4 Å². The lowest BCUT2D eigenvalue weighted by Crippen LogP contribution is -2.15. The molecule has 138 valence electrons. The van der Waals surface area contributed by atoms with E-state index >= 15 is 0 Å². The Morgan fingerprint density at radius 2 is 1.81 bits per heavy atom. The number of hydrogen-bond donors (Lipinski definition) is 2. The highest BCUT2D eigenvalue weighted by Crippen LogP contribution is 2.29. The van der Waals surface area contributed by atoms with Crippen LogP contribution in [-0.4, -0.2) is 30.1 Å². The van der Waals surface area contributed by atoms with Crippen LogP contribution in [0, 0.1) is 0 Å². The SMILES string of the molecule is COc1ccc(OC)c(NC(=O)c2cc(NCc3ccccc3)ncn2)c1. The number of rotatable bonds is 7. The van der Waals surface area contributed by atoms with Crippen molar-refractivity contribution in [2.45, 2.75) is 6.54 Å². The van der Waals surface area contributed by atoms with Crippen molar-refractivity contribution < 1.29 is 14.3 Å². The van der Waals surface area contributed by atoms with Crippen molar-refractivity contribution in [2.24, 2.45) is 0 Å². The molecule has 7 nitrogen and oxygen atoms in total. The maximum absolute atomic E-state index is 12.6. The van der Waals surface area contributed by atoms with Crippen molar-refractivity contribution in [3.8, 4) is 11.5 Å². The van der Waals surface area contributed by atoms with Gasteiger partial charge in [-0.05, 0) is 17.7 Å². The first-order chi connectivity index (χ1) is 13.2. The molecule has 0 atom stereocenters. The zero-order chi connectivity index (χ0) is 19.1. The minimum absolute atomic E-state index is 0.241. The Kier molecular flexibility index (Phi) is 5.84. The molecule has 0 bridgehead atoms. The van der Waals surface area contributed by atoms with Gasteiger partial charge in [-0.3, -0.25) is 4.79 Å². The molecular formula is C20H20N4O3. The van der Waals surface area contributed by atoms with Gasteiger partial charge < -0.3 is 20.1 Å². The van der Waals surface area contributed by atoms with Crippen LogP contribution in [0.15, 0.2) is 60.9 Å². The van der Waals surface area contributed by atoms with E-state index in [1.54, 1.807) is 31.4 Å². The van der Waals surface area contributed by atoms with Crippen molar-refractivity contribution in [1.29, 1.82) is 0 Å². The van der Waals surface area contributed by atoms with E-state index in [4.69, 9.17) is 9.47 Å². The van der Waals surface area contributed by atoms with Gasteiger partial charge in [0.25, 0.3) is 5.91 Å². The van der Waals surface area contributed by atoms with Crippen LogP contribution in [0.4, 0.5) is 11.5 Å². The van der Waals surface area contributed by atoms with E-state index in [9.17, 15) is 4.79 Å². The molecule has 0 fully saturated rings. The van der Waals surface area contributed by atoms with E-state index in [2.05, 4.69) is 20.6 Å². The predicted octanol–water partition coefficient (Wildman–Crippen LogP) is 3.36. The molecule has 0 saturated heterocycles. The van der Waals surface area contributed by atoms with Crippen molar-refractivity contribution in [3.63, 3.8) is 0 Å². The van der Waals surface area contributed by atoms with Gasteiger partial charge in [-0.25, -0.2) is 9.97 Å². The predicted molar refractivity (Wildman–Crippen MR) is 103 cm³/mol. The quantitative estimate of drug-likeness (QED) is 0.669. The summed E-state index contributed by atoms with van der Waals surface area (Å²) in [6.45, 7) is 0.600. The van der Waals surface area contributed by atoms with Crippen LogP contribution in [0.3, 0.4) is 0 Å². The number of methoxy groups -OCH3 is 2. The van der Waals surface area contributed by atoms with E-state index in [0.29, 0.717) is 29.5 Å². The van der Waals surface area contributed by atoms with Gasteiger partial charge in [-0.2, -0.15) is 0 Å².